The standard InChI is InChI=1S/C20H15N3O4S/c1-28(26,16-5-3-2-4-6-16)23-19(24)15-9-14(11-21-12-15)13-7-8-18-17(10-13)22-20(25)27-18/h2-12H,1H3,(H,22,25)/t28-/m0/s1. The first-order valence-corrected chi connectivity index (χ1v) is 10.2. The van der Waals surface area contributed by atoms with Crippen LogP contribution in [0, 0.1) is 0 Å². The summed E-state index contributed by atoms with van der Waals surface area (Å²) in [6.45, 7) is 0. The molecule has 4 aromatic rings. The summed E-state index contributed by atoms with van der Waals surface area (Å²) >= 11 is 0. The molecule has 0 saturated heterocycles. The first kappa shape index (κ1) is 17.9. The van der Waals surface area contributed by atoms with Crippen LogP contribution in [0.15, 0.2) is 85.5 Å². The van der Waals surface area contributed by atoms with Crippen LogP contribution in [-0.4, -0.2) is 26.3 Å². The fourth-order valence-corrected chi connectivity index (χ4v) is 3.97. The second kappa shape index (κ2) is 6.90. The van der Waals surface area contributed by atoms with Crippen LogP contribution in [0.3, 0.4) is 0 Å². The molecule has 0 aliphatic heterocycles. The molecular formula is C20H15N3O4S. The fraction of sp³-hybridized carbons (Fsp3) is 0.0500. The molecule has 0 unspecified atom stereocenters. The number of hydrogen-bond donors (Lipinski definition) is 1. The summed E-state index contributed by atoms with van der Waals surface area (Å²) in [5, 5.41) is 0. The molecule has 0 fully saturated rings. The number of hydrogen-bond acceptors (Lipinski definition) is 5. The second-order valence-electron chi connectivity index (χ2n) is 6.20. The third-order valence-electron chi connectivity index (χ3n) is 4.18. The van der Waals surface area contributed by atoms with Gasteiger partial charge in [-0.2, -0.15) is 4.36 Å². The highest BCUT2D eigenvalue weighted by atomic mass is 32.2. The maximum Gasteiger partial charge on any atom is 0.417 e. The van der Waals surface area contributed by atoms with Gasteiger partial charge in [0.2, 0.25) is 0 Å². The molecule has 0 radical (unpaired) electrons. The number of benzene rings is 2. The summed E-state index contributed by atoms with van der Waals surface area (Å²) in [7, 11) is -2.87. The minimum Gasteiger partial charge on any atom is -0.408 e. The largest absolute Gasteiger partial charge is 0.417 e. The maximum absolute atomic E-state index is 12.8. The summed E-state index contributed by atoms with van der Waals surface area (Å²) in [5.41, 5.74) is 2.62. The summed E-state index contributed by atoms with van der Waals surface area (Å²) in [4.78, 5) is 31.1. The van der Waals surface area contributed by atoms with E-state index >= 15 is 0 Å². The zero-order chi connectivity index (χ0) is 19.7. The van der Waals surface area contributed by atoms with Gasteiger partial charge in [-0.3, -0.25) is 14.8 Å². The number of pyridine rings is 1. The van der Waals surface area contributed by atoms with E-state index < -0.39 is 21.4 Å². The van der Waals surface area contributed by atoms with E-state index in [0.717, 1.165) is 5.56 Å². The molecule has 1 amide bonds. The van der Waals surface area contributed by atoms with E-state index in [0.29, 0.717) is 21.6 Å². The van der Waals surface area contributed by atoms with Gasteiger partial charge >= 0.3 is 5.76 Å². The van der Waals surface area contributed by atoms with Crippen molar-refractivity contribution in [3.8, 4) is 11.1 Å². The zero-order valence-electron chi connectivity index (χ0n) is 14.8. The topological polar surface area (TPSA) is 105 Å². The van der Waals surface area contributed by atoms with Gasteiger partial charge in [0.25, 0.3) is 5.91 Å². The number of rotatable bonds is 3. The lowest BCUT2D eigenvalue weighted by atomic mass is 10.1. The highest BCUT2D eigenvalue weighted by Crippen LogP contribution is 2.24. The molecule has 2 aromatic carbocycles. The van der Waals surface area contributed by atoms with E-state index in [2.05, 4.69) is 14.3 Å². The van der Waals surface area contributed by atoms with Crippen molar-refractivity contribution >= 4 is 26.7 Å². The Morgan fingerprint density at radius 2 is 1.86 bits per heavy atom. The van der Waals surface area contributed by atoms with Gasteiger partial charge in [0.1, 0.15) is 0 Å². The van der Waals surface area contributed by atoms with Crippen LogP contribution in [0.4, 0.5) is 0 Å². The molecule has 0 aliphatic rings. The Hall–Kier alpha value is -3.52. The van der Waals surface area contributed by atoms with E-state index in [9.17, 15) is 13.8 Å². The minimum atomic E-state index is -2.87. The summed E-state index contributed by atoms with van der Waals surface area (Å²) in [5.74, 6) is -1.14. The average Bonchev–Trinajstić information content (AvgIpc) is 3.07. The van der Waals surface area contributed by atoms with Gasteiger partial charge in [0.15, 0.2) is 5.58 Å². The molecule has 140 valence electrons. The van der Waals surface area contributed by atoms with Crippen molar-refractivity contribution < 1.29 is 13.4 Å². The first-order valence-electron chi connectivity index (χ1n) is 8.32. The second-order valence-corrected chi connectivity index (χ2v) is 8.46. The SMILES string of the molecule is C[S@@](=O)(=NC(=O)c1cncc(-c2ccc3oc(=O)[nH]c3c2)c1)c1ccccc1. The van der Waals surface area contributed by atoms with Crippen LogP contribution < -0.4 is 5.76 Å². The number of nitrogens with one attached hydrogen (secondary N) is 1. The Morgan fingerprint density at radius 1 is 1.07 bits per heavy atom. The van der Waals surface area contributed by atoms with Crippen molar-refractivity contribution in [2.75, 3.05) is 6.26 Å². The number of H-pyrrole nitrogens is 1. The van der Waals surface area contributed by atoms with Crippen LogP contribution in [0.25, 0.3) is 22.2 Å². The Bertz CT molecular complexity index is 1360. The number of aromatic amines is 1. The number of fused-ring (bicyclic) bond motifs is 1. The van der Waals surface area contributed by atoms with Crippen molar-refractivity contribution in [2.45, 2.75) is 4.90 Å². The molecule has 0 spiro atoms. The van der Waals surface area contributed by atoms with Crippen LogP contribution in [0.1, 0.15) is 10.4 Å². The molecule has 2 aromatic heterocycles. The lowest BCUT2D eigenvalue weighted by molar-refractivity contribution is 0.100. The third-order valence-corrected chi connectivity index (χ3v) is 5.84. The van der Waals surface area contributed by atoms with Gasteiger partial charge in [-0.25, -0.2) is 9.00 Å². The van der Waals surface area contributed by atoms with Crippen molar-refractivity contribution in [3.63, 3.8) is 0 Å². The van der Waals surface area contributed by atoms with E-state index in [1.54, 1.807) is 60.8 Å². The number of carbonyl (C=O) groups is 1. The molecule has 28 heavy (non-hydrogen) atoms. The Labute approximate surface area is 160 Å². The maximum atomic E-state index is 12.8. The molecule has 1 atom stereocenters. The smallest absolute Gasteiger partial charge is 0.408 e. The molecule has 0 aliphatic carbocycles. The lowest BCUT2D eigenvalue weighted by Crippen LogP contribution is -2.04. The van der Waals surface area contributed by atoms with Gasteiger partial charge in [-0.1, -0.05) is 24.3 Å². The summed E-state index contributed by atoms with van der Waals surface area (Å²) in [6.07, 6.45) is 4.41. The van der Waals surface area contributed by atoms with Gasteiger partial charge in [0.05, 0.1) is 20.8 Å². The van der Waals surface area contributed by atoms with Crippen LogP contribution in [0.2, 0.25) is 0 Å². The van der Waals surface area contributed by atoms with E-state index in [-0.39, 0.29) is 5.56 Å². The molecule has 8 heteroatoms. The molecule has 7 nitrogen and oxygen atoms in total. The summed E-state index contributed by atoms with van der Waals surface area (Å²) in [6, 6.07) is 15.4. The summed E-state index contributed by atoms with van der Waals surface area (Å²) < 4.78 is 21.7. The third kappa shape index (κ3) is 3.49. The quantitative estimate of drug-likeness (QED) is 0.574. The fourth-order valence-electron chi connectivity index (χ4n) is 2.78. The molecule has 2 heterocycles. The lowest BCUT2D eigenvalue weighted by Gasteiger charge is -2.05. The van der Waals surface area contributed by atoms with Crippen LogP contribution in [0.5, 0.6) is 0 Å². The Kier molecular flexibility index (Phi) is 4.40. The number of nitrogens with zero attached hydrogens (tertiary/aromatic N) is 2. The van der Waals surface area contributed by atoms with Crippen LogP contribution in [-0.2, 0) is 9.73 Å². The van der Waals surface area contributed by atoms with Crippen molar-refractivity contribution in [2.24, 2.45) is 4.36 Å². The van der Waals surface area contributed by atoms with Gasteiger partial charge in [-0.05, 0) is 35.9 Å². The van der Waals surface area contributed by atoms with E-state index in [1.807, 2.05) is 0 Å². The Morgan fingerprint density at radius 3 is 2.64 bits per heavy atom. The zero-order valence-corrected chi connectivity index (χ0v) is 15.6. The van der Waals surface area contributed by atoms with Crippen molar-refractivity contribution in [3.05, 3.63) is 83.1 Å². The Balaban J connectivity index is 1.71. The van der Waals surface area contributed by atoms with E-state index in [4.69, 9.17) is 4.42 Å². The average molecular weight is 393 g/mol. The predicted octanol–water partition coefficient (Wildman–Crippen LogP) is 3.48. The molecular weight excluding hydrogens is 378 g/mol. The molecule has 0 saturated carbocycles. The number of aromatic nitrogens is 2. The van der Waals surface area contributed by atoms with Crippen LogP contribution >= 0.6 is 0 Å². The highest BCUT2D eigenvalue weighted by molar-refractivity contribution is 7.93. The monoisotopic (exact) mass is 393 g/mol. The highest BCUT2D eigenvalue weighted by Gasteiger charge is 2.13. The van der Waals surface area contributed by atoms with Gasteiger partial charge in [-0.15, -0.1) is 0 Å². The number of amides is 1. The van der Waals surface area contributed by atoms with Crippen molar-refractivity contribution in [1.82, 2.24) is 9.97 Å². The number of oxazole rings is 1. The predicted molar refractivity (Wildman–Crippen MR) is 106 cm³/mol. The minimum absolute atomic E-state index is 0.226. The first-order chi connectivity index (χ1) is 13.4. The molecule has 1 N–H and O–H groups in total. The molecule has 0 bridgehead atoms. The van der Waals surface area contributed by atoms with Gasteiger partial charge in [0, 0.05) is 29.1 Å². The van der Waals surface area contributed by atoms with Gasteiger partial charge < -0.3 is 4.42 Å². The normalized spacial score (nSPS) is 13.2. The molecule has 4 rings (SSSR count). The van der Waals surface area contributed by atoms with Crippen molar-refractivity contribution in [1.29, 1.82) is 0 Å². The van der Waals surface area contributed by atoms with E-state index in [1.165, 1.54) is 12.5 Å². The number of carbonyl (C=O) groups excluding carboxylic acids is 1.